The van der Waals surface area contributed by atoms with Gasteiger partial charge in [-0.2, -0.15) is 0 Å². The number of nitrogens with one attached hydrogen (secondary N) is 1. The normalized spacial score (nSPS) is 14.8. The maximum absolute atomic E-state index is 13.5. The van der Waals surface area contributed by atoms with Crippen LogP contribution in [0.3, 0.4) is 0 Å². The molecule has 3 atom stereocenters. The number of benzene rings is 2. The molecule has 180 valence electrons. The maximum Gasteiger partial charge on any atom is 0.328 e. The molecule has 7 nitrogen and oxygen atoms in total. The zero-order valence-corrected chi connectivity index (χ0v) is 19.6. The van der Waals surface area contributed by atoms with E-state index >= 15 is 0 Å². The van der Waals surface area contributed by atoms with Gasteiger partial charge < -0.3 is 19.9 Å². The van der Waals surface area contributed by atoms with E-state index in [1.807, 2.05) is 30.3 Å². The van der Waals surface area contributed by atoms with Crippen molar-refractivity contribution in [1.29, 1.82) is 0 Å². The number of methoxy groups -OCH3 is 1. The highest BCUT2D eigenvalue weighted by Crippen LogP contribution is 2.30. The summed E-state index contributed by atoms with van der Waals surface area (Å²) in [7, 11) is 1.33. The molecule has 0 heterocycles. The van der Waals surface area contributed by atoms with Gasteiger partial charge in [-0.1, -0.05) is 42.5 Å². The van der Waals surface area contributed by atoms with Crippen LogP contribution in [-0.2, 0) is 19.1 Å². The summed E-state index contributed by atoms with van der Waals surface area (Å²) in [6, 6.07) is 14.3. The van der Waals surface area contributed by atoms with Crippen molar-refractivity contribution < 1.29 is 28.6 Å². The van der Waals surface area contributed by atoms with Gasteiger partial charge in [-0.25, -0.2) is 9.18 Å². The van der Waals surface area contributed by atoms with E-state index in [1.165, 1.54) is 32.2 Å². The third kappa shape index (κ3) is 6.54. The minimum atomic E-state index is -1.05. The molecule has 8 heteroatoms. The van der Waals surface area contributed by atoms with Crippen LogP contribution in [0.15, 0.2) is 82.9 Å². The molecule has 2 rings (SSSR count). The van der Waals surface area contributed by atoms with Crippen LogP contribution < -0.4 is 5.32 Å². The maximum atomic E-state index is 13.5. The minimum Gasteiger partial charge on any atom is -0.503 e. The molecule has 0 aliphatic heterocycles. The van der Waals surface area contributed by atoms with Gasteiger partial charge in [0.1, 0.15) is 18.0 Å². The second-order valence-corrected chi connectivity index (χ2v) is 7.49. The molecule has 0 fully saturated rings. The Morgan fingerprint density at radius 1 is 1.09 bits per heavy atom. The van der Waals surface area contributed by atoms with Gasteiger partial charge in [0.05, 0.1) is 7.11 Å². The van der Waals surface area contributed by atoms with Crippen LogP contribution in [-0.4, -0.2) is 43.0 Å². The average Bonchev–Trinajstić information content (AvgIpc) is 2.82. The van der Waals surface area contributed by atoms with Gasteiger partial charge in [0.15, 0.2) is 17.2 Å². The van der Waals surface area contributed by atoms with E-state index in [1.54, 1.807) is 26.0 Å². The van der Waals surface area contributed by atoms with E-state index in [0.717, 1.165) is 11.1 Å². The highest BCUT2D eigenvalue weighted by Gasteiger charge is 2.28. The van der Waals surface area contributed by atoms with Crippen LogP contribution >= 0.6 is 0 Å². The highest BCUT2D eigenvalue weighted by atomic mass is 19.1. The summed E-state index contributed by atoms with van der Waals surface area (Å²) in [4.78, 5) is 28.9. The van der Waals surface area contributed by atoms with E-state index in [2.05, 4.69) is 17.0 Å². The first-order valence-electron chi connectivity index (χ1n) is 10.7. The third-order valence-corrected chi connectivity index (χ3v) is 5.17. The predicted molar refractivity (Wildman–Crippen MR) is 128 cm³/mol. The van der Waals surface area contributed by atoms with Crippen LogP contribution in [0.4, 0.5) is 4.39 Å². The van der Waals surface area contributed by atoms with Crippen LogP contribution in [0, 0.1) is 5.82 Å². The number of rotatable bonds is 10. The quantitative estimate of drug-likeness (QED) is 0.177. The molecule has 34 heavy (non-hydrogen) atoms. The topological polar surface area (TPSA) is 97.2 Å². The lowest BCUT2D eigenvalue weighted by Gasteiger charge is -2.26. The Balaban J connectivity index is 2.20. The van der Waals surface area contributed by atoms with Crippen molar-refractivity contribution in [3.8, 4) is 0 Å². The van der Waals surface area contributed by atoms with E-state index in [4.69, 9.17) is 9.47 Å². The molecule has 0 aliphatic carbocycles. The van der Waals surface area contributed by atoms with E-state index < -0.39 is 35.5 Å². The lowest BCUT2D eigenvalue weighted by Crippen LogP contribution is -2.42. The van der Waals surface area contributed by atoms with Gasteiger partial charge >= 0.3 is 5.97 Å². The largest absolute Gasteiger partial charge is 0.503 e. The van der Waals surface area contributed by atoms with Gasteiger partial charge in [-0.15, -0.1) is 0 Å². The van der Waals surface area contributed by atoms with Crippen molar-refractivity contribution in [2.24, 2.45) is 4.99 Å². The number of aliphatic imine (C=N–C) groups is 1. The Bertz CT molecular complexity index is 1060. The Labute approximate surface area is 198 Å². The summed E-state index contributed by atoms with van der Waals surface area (Å²) in [6.45, 7) is 8.09. The number of carbonyl (C=O) groups excluding carboxylic acids is 2. The van der Waals surface area contributed by atoms with Crippen molar-refractivity contribution in [2.45, 2.75) is 38.8 Å². The van der Waals surface area contributed by atoms with Crippen molar-refractivity contribution >= 4 is 18.6 Å². The van der Waals surface area contributed by atoms with Crippen LogP contribution in [0.5, 0.6) is 0 Å². The third-order valence-electron chi connectivity index (χ3n) is 5.17. The molecular formula is C26H29FN2O5. The number of carbonyl (C=O) groups is 2. The Hall–Kier alpha value is -3.94. The number of esters is 1. The van der Waals surface area contributed by atoms with Crippen LogP contribution in [0.25, 0.3) is 0 Å². The molecule has 1 amide bonds. The predicted octanol–water partition coefficient (Wildman–Crippen LogP) is 4.41. The molecule has 0 bridgehead atoms. The first-order valence-corrected chi connectivity index (χ1v) is 10.7. The number of aliphatic hydroxyl groups is 1. The molecule has 2 aromatic rings. The van der Waals surface area contributed by atoms with Gasteiger partial charge in [0.25, 0.3) is 5.91 Å². The summed E-state index contributed by atoms with van der Waals surface area (Å²) in [5, 5.41) is 12.7. The lowest BCUT2D eigenvalue weighted by molar-refractivity contribution is -0.152. The molecule has 2 N–H and O–H groups in total. The summed E-state index contributed by atoms with van der Waals surface area (Å²) in [5.74, 6) is -2.71. The first kappa shape index (κ1) is 26.3. The molecule has 0 aliphatic rings. The Morgan fingerprint density at radius 3 is 2.21 bits per heavy atom. The zero-order valence-electron chi connectivity index (χ0n) is 19.6. The van der Waals surface area contributed by atoms with Crippen LogP contribution in [0.1, 0.15) is 37.8 Å². The number of amides is 1. The summed E-state index contributed by atoms with van der Waals surface area (Å²) in [6.07, 6.45) is 0.815. The zero-order chi connectivity index (χ0) is 25.3. The second kappa shape index (κ2) is 12.3. The van der Waals surface area contributed by atoms with Gasteiger partial charge in [0, 0.05) is 5.92 Å². The fourth-order valence-corrected chi connectivity index (χ4v) is 3.46. The molecule has 0 unspecified atom stereocenters. The molecule has 2 aromatic carbocycles. The number of ether oxygens (including phenoxy) is 2. The van der Waals surface area contributed by atoms with Gasteiger partial charge in [-0.05, 0) is 56.8 Å². The summed E-state index contributed by atoms with van der Waals surface area (Å²) in [5.41, 5.74) is 1.26. The molecule has 0 spiro atoms. The number of aliphatic hydroxyl groups excluding tert-OH is 1. The monoisotopic (exact) mass is 468 g/mol. The van der Waals surface area contributed by atoms with E-state index in [0.29, 0.717) is 0 Å². The number of nitrogens with zero attached hydrogens (tertiary/aromatic N) is 1. The minimum absolute atomic E-state index is 0.0337. The fourth-order valence-electron chi connectivity index (χ4n) is 3.46. The first-order chi connectivity index (χ1) is 16.2. The average molecular weight is 469 g/mol. The smallest absolute Gasteiger partial charge is 0.328 e. The van der Waals surface area contributed by atoms with Gasteiger partial charge in [-0.3, -0.25) is 9.79 Å². The van der Waals surface area contributed by atoms with E-state index in [9.17, 15) is 19.1 Å². The second-order valence-electron chi connectivity index (χ2n) is 7.49. The molecule has 0 saturated carbocycles. The number of hydrogen-bond acceptors (Lipinski definition) is 6. The molecule has 0 radical (unpaired) electrons. The molecule has 0 saturated heterocycles. The van der Waals surface area contributed by atoms with Crippen molar-refractivity contribution in [3.63, 3.8) is 0 Å². The summed E-state index contributed by atoms with van der Waals surface area (Å²) < 4.78 is 24.1. The SMILES string of the molecule is C=N/C(C(=O)N[C@@H](C)C(=O)O[C@@H](C)[C@H](c1ccccc1)c1ccc(F)cc1)=C(O)\C(=C/C)OC. The Morgan fingerprint density at radius 2 is 1.68 bits per heavy atom. The standard InChI is InChI=1S/C26H29FN2O5/c1-6-21(33-5)24(30)23(28-4)25(31)29-16(2)26(32)34-17(3)22(18-10-8-7-9-11-18)19-12-14-20(27)15-13-19/h6-17,22,30H,4H2,1-3,5H3,(H,29,31)/b21-6+,24-23+/t16-,17-,22+/m0/s1. The number of allylic oxidation sites excluding steroid dienone is 1. The fraction of sp³-hybridized carbons (Fsp3) is 0.269. The Kier molecular flexibility index (Phi) is 9.55. The van der Waals surface area contributed by atoms with Crippen molar-refractivity contribution in [2.75, 3.05) is 7.11 Å². The van der Waals surface area contributed by atoms with Gasteiger partial charge in [0.2, 0.25) is 0 Å². The molecule has 0 aromatic heterocycles. The van der Waals surface area contributed by atoms with Crippen molar-refractivity contribution in [3.05, 3.63) is 94.8 Å². The highest BCUT2D eigenvalue weighted by molar-refractivity contribution is 5.97. The van der Waals surface area contributed by atoms with Crippen molar-refractivity contribution in [1.82, 2.24) is 5.32 Å². The number of hydrogen-bond donors (Lipinski definition) is 2. The van der Waals surface area contributed by atoms with E-state index in [-0.39, 0.29) is 17.5 Å². The lowest BCUT2D eigenvalue weighted by atomic mass is 9.87. The molecular weight excluding hydrogens is 439 g/mol. The number of halogens is 1. The summed E-state index contributed by atoms with van der Waals surface area (Å²) >= 11 is 0. The van der Waals surface area contributed by atoms with Crippen LogP contribution in [0.2, 0.25) is 0 Å².